The van der Waals surface area contributed by atoms with E-state index in [4.69, 9.17) is 0 Å². The van der Waals surface area contributed by atoms with Crippen molar-refractivity contribution >= 4 is 6.03 Å². The molecule has 0 atom stereocenters. The molecule has 1 aliphatic heterocycles. The minimum atomic E-state index is -0.126. The van der Waals surface area contributed by atoms with Crippen molar-refractivity contribution in [1.82, 2.24) is 19.4 Å². The Labute approximate surface area is 180 Å². The number of aromatic hydroxyl groups is 3. The number of hydrogen-bond acceptors (Lipinski definition) is 6. The number of imidazole rings is 1. The van der Waals surface area contributed by atoms with Crippen LogP contribution in [0.15, 0.2) is 55.0 Å². The van der Waals surface area contributed by atoms with Crippen LogP contribution in [-0.4, -0.2) is 66.9 Å². The van der Waals surface area contributed by atoms with Gasteiger partial charge in [0.05, 0.1) is 5.69 Å². The van der Waals surface area contributed by atoms with Crippen LogP contribution >= 0.6 is 0 Å². The molecule has 1 saturated heterocycles. The number of piperidine rings is 1. The maximum absolute atomic E-state index is 12.9. The molecular formula is C23H26N4O4. The summed E-state index contributed by atoms with van der Waals surface area (Å²) in [7, 11) is 1.82. The summed E-state index contributed by atoms with van der Waals surface area (Å²) in [5.41, 5.74) is 2.45. The average Bonchev–Trinajstić information content (AvgIpc) is 3.26. The first-order valence-electron chi connectivity index (χ1n) is 10.2. The summed E-state index contributed by atoms with van der Waals surface area (Å²) >= 11 is 0. The number of phenols is 3. The quantitative estimate of drug-likeness (QED) is 0.558. The van der Waals surface area contributed by atoms with Crippen LogP contribution in [0.25, 0.3) is 11.3 Å². The molecule has 31 heavy (non-hydrogen) atoms. The topological polar surface area (TPSA) is 102 Å². The fourth-order valence-electron chi connectivity index (χ4n) is 3.94. The van der Waals surface area contributed by atoms with Gasteiger partial charge in [0.25, 0.3) is 0 Å². The summed E-state index contributed by atoms with van der Waals surface area (Å²) in [5.74, 6) is -0.0343. The van der Waals surface area contributed by atoms with Crippen molar-refractivity contribution < 1.29 is 20.1 Å². The molecule has 8 heteroatoms. The van der Waals surface area contributed by atoms with Crippen LogP contribution in [0.5, 0.6) is 17.2 Å². The van der Waals surface area contributed by atoms with Gasteiger partial charge in [-0.15, -0.1) is 0 Å². The van der Waals surface area contributed by atoms with E-state index in [9.17, 15) is 20.1 Å². The number of phenolic OH excluding ortho intramolecular Hbond substituents is 3. The normalized spacial score (nSPS) is 15.1. The number of benzene rings is 2. The van der Waals surface area contributed by atoms with Gasteiger partial charge in [0.1, 0.15) is 12.1 Å². The molecule has 8 nitrogen and oxygen atoms in total. The Hall–Kier alpha value is -3.52. The molecule has 1 aliphatic rings. The van der Waals surface area contributed by atoms with Crippen LogP contribution in [0.4, 0.5) is 4.79 Å². The molecule has 0 unspecified atom stereocenters. The fraction of sp³-hybridized carbons (Fsp3) is 0.304. The highest BCUT2D eigenvalue weighted by Crippen LogP contribution is 2.26. The number of hydrogen-bond donors (Lipinski definition) is 3. The van der Waals surface area contributed by atoms with Crippen LogP contribution < -0.4 is 0 Å². The van der Waals surface area contributed by atoms with E-state index in [0.717, 1.165) is 37.1 Å². The zero-order chi connectivity index (χ0) is 22.0. The zero-order valence-electron chi connectivity index (χ0n) is 17.3. The summed E-state index contributed by atoms with van der Waals surface area (Å²) in [6.07, 6.45) is 4.93. The number of rotatable bonds is 4. The lowest BCUT2D eigenvalue weighted by atomic mass is 10.0. The highest BCUT2D eigenvalue weighted by Gasteiger charge is 2.26. The van der Waals surface area contributed by atoms with Gasteiger partial charge >= 0.3 is 6.03 Å². The van der Waals surface area contributed by atoms with Crippen molar-refractivity contribution in [2.45, 2.75) is 25.4 Å². The van der Waals surface area contributed by atoms with Crippen molar-refractivity contribution in [3.8, 4) is 28.5 Å². The summed E-state index contributed by atoms with van der Waals surface area (Å²) in [6, 6.07) is 11.6. The Morgan fingerprint density at radius 1 is 1.06 bits per heavy atom. The Morgan fingerprint density at radius 2 is 1.77 bits per heavy atom. The lowest BCUT2D eigenvalue weighted by Crippen LogP contribution is -2.46. The van der Waals surface area contributed by atoms with Crippen molar-refractivity contribution in [1.29, 1.82) is 0 Å². The van der Waals surface area contributed by atoms with Gasteiger partial charge < -0.3 is 20.2 Å². The van der Waals surface area contributed by atoms with Crippen molar-refractivity contribution in [2.24, 2.45) is 0 Å². The number of carbonyl (C=O) groups excluding carboxylic acids is 1. The van der Waals surface area contributed by atoms with E-state index in [-0.39, 0.29) is 29.3 Å². The first-order valence-corrected chi connectivity index (χ1v) is 10.2. The highest BCUT2D eigenvalue weighted by molar-refractivity contribution is 5.78. The number of aromatic nitrogens is 2. The molecule has 162 valence electrons. The number of nitrogens with zero attached hydrogens (tertiary/aromatic N) is 4. The third-order valence-electron chi connectivity index (χ3n) is 5.82. The summed E-state index contributed by atoms with van der Waals surface area (Å²) in [4.78, 5) is 21.3. The van der Waals surface area contributed by atoms with E-state index in [1.54, 1.807) is 41.4 Å². The Morgan fingerprint density at radius 3 is 2.45 bits per heavy atom. The number of carbonyl (C=O) groups is 1. The maximum atomic E-state index is 12.9. The largest absolute Gasteiger partial charge is 0.508 e. The van der Waals surface area contributed by atoms with Crippen LogP contribution in [0.3, 0.4) is 0 Å². The monoisotopic (exact) mass is 422 g/mol. The van der Waals surface area contributed by atoms with Gasteiger partial charge in [-0.2, -0.15) is 0 Å². The van der Waals surface area contributed by atoms with Crippen LogP contribution in [-0.2, 0) is 6.54 Å². The van der Waals surface area contributed by atoms with Gasteiger partial charge in [-0.3, -0.25) is 9.47 Å². The smallest absolute Gasteiger partial charge is 0.329 e. The third-order valence-corrected chi connectivity index (χ3v) is 5.82. The number of likely N-dealkylation sites (tertiary alicyclic amines) is 1. The predicted molar refractivity (Wildman–Crippen MR) is 116 cm³/mol. The molecule has 1 amide bonds. The van der Waals surface area contributed by atoms with Gasteiger partial charge in [0, 0.05) is 44.5 Å². The predicted octanol–water partition coefficient (Wildman–Crippen LogP) is 3.23. The van der Waals surface area contributed by atoms with E-state index in [2.05, 4.69) is 9.88 Å². The second-order valence-corrected chi connectivity index (χ2v) is 7.94. The van der Waals surface area contributed by atoms with Gasteiger partial charge in [-0.1, -0.05) is 6.07 Å². The zero-order valence-corrected chi connectivity index (χ0v) is 17.3. The van der Waals surface area contributed by atoms with Gasteiger partial charge in [0.2, 0.25) is 0 Å². The van der Waals surface area contributed by atoms with Gasteiger partial charge in [-0.25, -0.2) is 9.78 Å². The number of amides is 1. The Kier molecular flexibility index (Phi) is 5.81. The van der Waals surface area contributed by atoms with Crippen molar-refractivity contribution in [3.05, 3.63) is 60.6 Å². The molecule has 0 bridgehead atoms. The molecular weight excluding hydrogens is 396 g/mol. The first kappa shape index (κ1) is 20.7. The molecule has 3 N–H and O–H groups in total. The maximum Gasteiger partial charge on any atom is 0.329 e. The fourth-order valence-corrected chi connectivity index (χ4v) is 3.94. The lowest BCUT2D eigenvalue weighted by molar-refractivity contribution is 0.132. The summed E-state index contributed by atoms with van der Waals surface area (Å²) in [5, 5.41) is 28.5. The molecule has 0 saturated carbocycles. The molecule has 0 radical (unpaired) electrons. The summed E-state index contributed by atoms with van der Waals surface area (Å²) in [6.45, 7) is 2.37. The molecule has 1 fully saturated rings. The second kappa shape index (κ2) is 8.69. The average molecular weight is 422 g/mol. The van der Waals surface area contributed by atoms with Gasteiger partial charge in [-0.05, 0) is 54.8 Å². The van der Waals surface area contributed by atoms with E-state index in [1.165, 1.54) is 17.0 Å². The van der Waals surface area contributed by atoms with Crippen LogP contribution in [0.1, 0.15) is 18.4 Å². The van der Waals surface area contributed by atoms with Crippen molar-refractivity contribution in [2.75, 3.05) is 20.1 Å². The van der Waals surface area contributed by atoms with E-state index in [0.29, 0.717) is 12.2 Å². The second-order valence-electron chi connectivity index (χ2n) is 7.94. The lowest BCUT2D eigenvalue weighted by Gasteiger charge is -2.36. The Balaban J connectivity index is 1.34. The minimum absolute atomic E-state index is 0.107. The molecule has 2 heterocycles. The molecule has 1 aromatic heterocycles. The first-order chi connectivity index (χ1) is 14.9. The molecule has 2 aromatic carbocycles. The molecule has 3 aromatic rings. The van der Waals surface area contributed by atoms with Gasteiger partial charge in [0.15, 0.2) is 11.5 Å². The van der Waals surface area contributed by atoms with Crippen LogP contribution in [0, 0.1) is 0 Å². The van der Waals surface area contributed by atoms with Crippen molar-refractivity contribution in [3.63, 3.8) is 0 Å². The molecule has 4 rings (SSSR count). The van der Waals surface area contributed by atoms with E-state index >= 15 is 0 Å². The third kappa shape index (κ3) is 4.64. The van der Waals surface area contributed by atoms with Crippen LogP contribution in [0.2, 0.25) is 0 Å². The Bertz CT molecular complexity index is 1060. The minimum Gasteiger partial charge on any atom is -0.508 e. The standard InChI is InChI=1S/C23H26N4O4/c1-25(23(31)27-14-20(24-15-27)17-3-5-19(28)6-4-17)18-8-10-26(11-9-18)13-16-2-7-21(29)22(30)12-16/h2-7,12,14-15,18,28-30H,8-11,13H2,1H3. The SMILES string of the molecule is CN(C(=O)n1cnc(-c2ccc(O)cc2)c1)C1CCN(Cc2ccc(O)c(O)c2)CC1. The highest BCUT2D eigenvalue weighted by atomic mass is 16.3. The van der Waals surface area contributed by atoms with E-state index in [1.807, 2.05) is 13.1 Å². The molecule has 0 aliphatic carbocycles. The van der Waals surface area contributed by atoms with E-state index < -0.39 is 0 Å². The summed E-state index contributed by atoms with van der Waals surface area (Å²) < 4.78 is 1.49. The molecule has 0 spiro atoms.